The summed E-state index contributed by atoms with van der Waals surface area (Å²) in [5, 5.41) is 3.05. The maximum absolute atomic E-state index is 12.5. The molecule has 0 unspecified atom stereocenters. The summed E-state index contributed by atoms with van der Waals surface area (Å²) >= 11 is 3.21. The van der Waals surface area contributed by atoms with Gasteiger partial charge in [-0.1, -0.05) is 18.2 Å². The molecule has 20 heavy (non-hydrogen) atoms. The van der Waals surface area contributed by atoms with Crippen LogP contribution in [0.5, 0.6) is 0 Å². The third-order valence-corrected chi connectivity index (χ3v) is 5.31. The summed E-state index contributed by atoms with van der Waals surface area (Å²) in [6.45, 7) is 0. The molecule has 1 aromatic carbocycles. The molecule has 0 aliphatic heterocycles. The zero-order chi connectivity index (χ0) is 13.5. The van der Waals surface area contributed by atoms with Crippen LogP contribution in [0.2, 0.25) is 0 Å². The van der Waals surface area contributed by atoms with Crippen LogP contribution in [0.25, 0.3) is 20.3 Å². The van der Waals surface area contributed by atoms with E-state index in [1.807, 2.05) is 41.8 Å². The molecule has 2 nitrogen and oxygen atoms in total. The third-order valence-electron chi connectivity index (χ3n) is 3.22. The Morgan fingerprint density at radius 1 is 1.05 bits per heavy atom. The number of carbonyl (C=O) groups is 1. The maximum Gasteiger partial charge on any atom is 0.204 e. The van der Waals surface area contributed by atoms with Gasteiger partial charge in [-0.3, -0.25) is 9.78 Å². The van der Waals surface area contributed by atoms with Gasteiger partial charge in [0.2, 0.25) is 5.78 Å². The van der Waals surface area contributed by atoms with E-state index in [4.69, 9.17) is 0 Å². The number of hydrogen-bond acceptors (Lipinski definition) is 4. The highest BCUT2D eigenvalue weighted by molar-refractivity contribution is 7.28. The molecule has 0 aliphatic rings. The molecule has 0 bridgehead atoms. The van der Waals surface area contributed by atoms with Gasteiger partial charge in [-0.2, -0.15) is 0 Å². The summed E-state index contributed by atoms with van der Waals surface area (Å²) in [4.78, 5) is 17.7. The number of benzene rings is 1. The van der Waals surface area contributed by atoms with E-state index in [0.29, 0.717) is 5.56 Å². The number of ketones is 1. The van der Waals surface area contributed by atoms with Crippen molar-refractivity contribution in [1.29, 1.82) is 0 Å². The minimum Gasteiger partial charge on any atom is -0.288 e. The number of aromatic nitrogens is 1. The lowest BCUT2D eigenvalue weighted by Crippen LogP contribution is -1.99. The van der Waals surface area contributed by atoms with Crippen LogP contribution in [-0.4, -0.2) is 10.8 Å². The van der Waals surface area contributed by atoms with E-state index < -0.39 is 0 Å². The molecule has 0 saturated carbocycles. The van der Waals surface area contributed by atoms with E-state index in [0.717, 1.165) is 15.8 Å². The molecule has 0 radical (unpaired) electrons. The van der Waals surface area contributed by atoms with E-state index in [-0.39, 0.29) is 5.78 Å². The van der Waals surface area contributed by atoms with Crippen molar-refractivity contribution in [3.63, 3.8) is 0 Å². The van der Waals surface area contributed by atoms with Crippen LogP contribution in [0.3, 0.4) is 0 Å². The van der Waals surface area contributed by atoms with Gasteiger partial charge in [-0.05, 0) is 29.6 Å². The molecule has 0 N–H and O–H groups in total. The minimum absolute atomic E-state index is 0.0525. The van der Waals surface area contributed by atoms with Crippen molar-refractivity contribution < 1.29 is 4.79 Å². The molecular formula is C16H9NOS2. The predicted molar refractivity (Wildman–Crippen MR) is 84.9 cm³/mol. The van der Waals surface area contributed by atoms with Crippen molar-refractivity contribution in [1.82, 2.24) is 4.98 Å². The molecular weight excluding hydrogens is 286 g/mol. The van der Waals surface area contributed by atoms with Crippen molar-refractivity contribution >= 4 is 48.8 Å². The Morgan fingerprint density at radius 2 is 1.95 bits per heavy atom. The smallest absolute Gasteiger partial charge is 0.204 e. The quantitative estimate of drug-likeness (QED) is 0.500. The Kier molecular flexibility index (Phi) is 2.65. The van der Waals surface area contributed by atoms with Crippen LogP contribution < -0.4 is 0 Å². The van der Waals surface area contributed by atoms with Crippen LogP contribution in [0.4, 0.5) is 0 Å². The lowest BCUT2D eigenvalue weighted by Gasteiger charge is -2.00. The highest BCUT2D eigenvalue weighted by Crippen LogP contribution is 2.31. The topological polar surface area (TPSA) is 30.0 Å². The number of pyridine rings is 1. The van der Waals surface area contributed by atoms with Crippen LogP contribution in [-0.2, 0) is 0 Å². The molecule has 96 valence electrons. The van der Waals surface area contributed by atoms with Crippen LogP contribution >= 0.6 is 22.7 Å². The van der Waals surface area contributed by atoms with Gasteiger partial charge in [0.05, 0.1) is 10.4 Å². The van der Waals surface area contributed by atoms with E-state index in [2.05, 4.69) is 11.1 Å². The molecule has 0 fully saturated rings. The predicted octanol–water partition coefficient (Wildman–Crippen LogP) is 4.74. The average Bonchev–Trinajstić information content (AvgIpc) is 3.07. The number of rotatable bonds is 2. The van der Waals surface area contributed by atoms with Crippen molar-refractivity contribution in [2.24, 2.45) is 0 Å². The standard InChI is InChI=1S/C16H9NOS2/c18-16(15-8-14-13(20-15)5-6-19-14)11-7-10-3-1-2-4-12(10)17-9-11/h1-9H. The lowest BCUT2D eigenvalue weighted by molar-refractivity contribution is 0.104. The average molecular weight is 295 g/mol. The Bertz CT molecular complexity index is 907. The number of nitrogens with zero attached hydrogens (tertiary/aromatic N) is 1. The number of carbonyl (C=O) groups excluding carboxylic acids is 1. The Labute approximate surface area is 123 Å². The maximum atomic E-state index is 12.5. The Morgan fingerprint density at radius 3 is 2.85 bits per heavy atom. The van der Waals surface area contributed by atoms with E-state index in [9.17, 15) is 4.79 Å². The Balaban J connectivity index is 1.81. The van der Waals surface area contributed by atoms with Gasteiger partial charge < -0.3 is 0 Å². The van der Waals surface area contributed by atoms with Crippen molar-refractivity contribution in [2.45, 2.75) is 0 Å². The van der Waals surface area contributed by atoms with Gasteiger partial charge in [0, 0.05) is 26.5 Å². The lowest BCUT2D eigenvalue weighted by atomic mass is 10.1. The fourth-order valence-corrected chi connectivity index (χ4v) is 4.29. The zero-order valence-electron chi connectivity index (χ0n) is 10.4. The molecule has 4 heteroatoms. The molecule has 3 aromatic heterocycles. The molecule has 0 spiro atoms. The van der Waals surface area contributed by atoms with Gasteiger partial charge in [0.1, 0.15) is 0 Å². The molecule has 3 heterocycles. The fourth-order valence-electron chi connectivity index (χ4n) is 2.22. The molecule has 0 amide bonds. The molecule has 4 aromatic rings. The second-order valence-corrected chi connectivity index (χ2v) is 6.54. The second kappa shape index (κ2) is 4.51. The van der Waals surface area contributed by atoms with Gasteiger partial charge in [0.25, 0.3) is 0 Å². The van der Waals surface area contributed by atoms with Gasteiger partial charge >= 0.3 is 0 Å². The minimum atomic E-state index is 0.0525. The normalized spacial score (nSPS) is 11.2. The summed E-state index contributed by atoms with van der Waals surface area (Å²) < 4.78 is 2.35. The van der Waals surface area contributed by atoms with Crippen LogP contribution in [0.1, 0.15) is 15.2 Å². The zero-order valence-corrected chi connectivity index (χ0v) is 12.0. The van der Waals surface area contributed by atoms with Crippen LogP contribution in [0.15, 0.2) is 54.0 Å². The summed E-state index contributed by atoms with van der Waals surface area (Å²) in [6.07, 6.45) is 1.67. The summed E-state index contributed by atoms with van der Waals surface area (Å²) in [6, 6.07) is 13.8. The highest BCUT2D eigenvalue weighted by atomic mass is 32.1. The van der Waals surface area contributed by atoms with E-state index in [1.54, 1.807) is 28.9 Å². The van der Waals surface area contributed by atoms with Crippen molar-refractivity contribution in [2.75, 3.05) is 0 Å². The number of hydrogen-bond donors (Lipinski definition) is 0. The first-order valence-electron chi connectivity index (χ1n) is 6.18. The molecule has 0 saturated heterocycles. The first kappa shape index (κ1) is 11.8. The number of fused-ring (bicyclic) bond motifs is 2. The number of para-hydroxylation sites is 1. The second-order valence-electron chi connectivity index (χ2n) is 4.51. The summed E-state index contributed by atoms with van der Waals surface area (Å²) in [7, 11) is 0. The van der Waals surface area contributed by atoms with Gasteiger partial charge in [-0.25, -0.2) is 0 Å². The SMILES string of the molecule is O=C(c1cnc2ccccc2c1)c1cc2sccc2s1. The van der Waals surface area contributed by atoms with E-state index in [1.165, 1.54) is 9.40 Å². The Hall–Kier alpha value is -2.04. The first-order chi connectivity index (χ1) is 9.81. The third kappa shape index (κ3) is 1.85. The molecule has 0 aliphatic carbocycles. The largest absolute Gasteiger partial charge is 0.288 e. The molecule has 4 rings (SSSR count). The first-order valence-corrected chi connectivity index (χ1v) is 7.87. The van der Waals surface area contributed by atoms with Crippen molar-refractivity contribution in [3.05, 3.63) is 64.5 Å². The van der Waals surface area contributed by atoms with E-state index >= 15 is 0 Å². The summed E-state index contributed by atoms with van der Waals surface area (Å²) in [5.74, 6) is 0.0525. The van der Waals surface area contributed by atoms with Gasteiger partial charge in [-0.15, -0.1) is 22.7 Å². The highest BCUT2D eigenvalue weighted by Gasteiger charge is 2.14. The fraction of sp³-hybridized carbons (Fsp3) is 0. The van der Waals surface area contributed by atoms with Crippen LogP contribution in [0, 0.1) is 0 Å². The summed E-state index contributed by atoms with van der Waals surface area (Å²) in [5.41, 5.74) is 1.56. The molecule has 0 atom stereocenters. The number of thiophene rings is 2. The van der Waals surface area contributed by atoms with Gasteiger partial charge in [0.15, 0.2) is 0 Å². The van der Waals surface area contributed by atoms with Crippen molar-refractivity contribution in [3.8, 4) is 0 Å². The monoisotopic (exact) mass is 295 g/mol.